The molecule has 3 aromatic rings. The molecule has 0 atom stereocenters. The van der Waals surface area contributed by atoms with Crippen LogP contribution in [0.5, 0.6) is 0 Å². The number of amidine groups is 1. The first-order valence-corrected chi connectivity index (χ1v) is 11.4. The lowest BCUT2D eigenvalue weighted by Crippen LogP contribution is -2.14. The van der Waals surface area contributed by atoms with Gasteiger partial charge in [0.15, 0.2) is 5.78 Å². The first-order chi connectivity index (χ1) is 17.3. The van der Waals surface area contributed by atoms with E-state index in [4.69, 9.17) is 10.8 Å². The van der Waals surface area contributed by atoms with Crippen molar-refractivity contribution in [3.63, 3.8) is 0 Å². The molecular formula is C31H28N2O3. The molecule has 180 valence electrons. The van der Waals surface area contributed by atoms with Crippen LogP contribution >= 0.6 is 0 Å². The molecular weight excluding hydrogens is 448 g/mol. The third-order valence-corrected chi connectivity index (χ3v) is 5.47. The van der Waals surface area contributed by atoms with Crippen LogP contribution in [0, 0.1) is 6.92 Å². The average molecular weight is 477 g/mol. The number of benzene rings is 3. The van der Waals surface area contributed by atoms with Gasteiger partial charge in [0.1, 0.15) is 5.84 Å². The van der Waals surface area contributed by atoms with Gasteiger partial charge in [-0.2, -0.15) is 0 Å². The summed E-state index contributed by atoms with van der Waals surface area (Å²) in [6.45, 7) is 7.67. The van der Waals surface area contributed by atoms with Crippen molar-refractivity contribution in [1.82, 2.24) is 0 Å². The van der Waals surface area contributed by atoms with Crippen molar-refractivity contribution >= 4 is 23.7 Å². The first kappa shape index (κ1) is 25.8. The Morgan fingerprint density at radius 2 is 1.44 bits per heavy atom. The van der Waals surface area contributed by atoms with Crippen LogP contribution in [-0.2, 0) is 0 Å². The van der Waals surface area contributed by atoms with E-state index in [1.54, 1.807) is 37.3 Å². The van der Waals surface area contributed by atoms with Crippen molar-refractivity contribution in [2.24, 2.45) is 10.7 Å². The van der Waals surface area contributed by atoms with Crippen molar-refractivity contribution in [2.75, 3.05) is 0 Å². The highest BCUT2D eigenvalue weighted by atomic mass is 16.4. The molecule has 0 aliphatic heterocycles. The number of nitrogens with zero attached hydrogens (tertiary/aromatic N) is 1. The highest BCUT2D eigenvalue weighted by Crippen LogP contribution is 2.20. The second-order valence-corrected chi connectivity index (χ2v) is 8.19. The van der Waals surface area contributed by atoms with Crippen LogP contribution in [0.1, 0.15) is 44.3 Å². The molecule has 0 saturated carbocycles. The monoisotopic (exact) mass is 476 g/mol. The summed E-state index contributed by atoms with van der Waals surface area (Å²) in [5.74, 6) is -0.857. The number of carboxylic acids is 1. The molecule has 0 unspecified atom stereocenters. The molecule has 0 aromatic heterocycles. The van der Waals surface area contributed by atoms with Crippen molar-refractivity contribution in [2.45, 2.75) is 13.8 Å². The molecule has 3 rings (SSSR count). The number of aryl methyl sites for hydroxylation is 1. The number of carbonyl (C=O) groups is 2. The average Bonchev–Trinajstić information content (AvgIpc) is 2.89. The molecule has 0 radical (unpaired) electrons. The summed E-state index contributed by atoms with van der Waals surface area (Å²) in [5, 5.41) is 9.14. The number of nitrogens with two attached hydrogens (primary N) is 1. The summed E-state index contributed by atoms with van der Waals surface area (Å²) in [6.07, 6.45) is 7.05. The Hall–Kier alpha value is -4.77. The highest BCUT2D eigenvalue weighted by Gasteiger charge is 2.09. The summed E-state index contributed by atoms with van der Waals surface area (Å²) in [7, 11) is 0. The number of hydrogen-bond acceptors (Lipinski definition) is 3. The largest absolute Gasteiger partial charge is 0.478 e. The number of carbonyl (C=O) groups excluding carboxylic acids is 1. The Bertz CT molecular complexity index is 1380. The molecule has 5 nitrogen and oxygen atoms in total. The minimum absolute atomic E-state index is 0.0650. The van der Waals surface area contributed by atoms with Crippen molar-refractivity contribution < 1.29 is 14.7 Å². The Balaban J connectivity index is 2.00. The fourth-order valence-corrected chi connectivity index (χ4v) is 3.35. The number of Topliss-reactive ketones (excluding diaryl/α,β-unsaturated/α-hetero) is 1. The summed E-state index contributed by atoms with van der Waals surface area (Å²) >= 11 is 0. The van der Waals surface area contributed by atoms with Gasteiger partial charge in [-0.05, 0) is 48.8 Å². The number of aromatic carboxylic acids is 1. The standard InChI is InChI=1S/C31H28N2O3/c1-4-24(15-12-22(3)29(34)25-13-10-21(2)11-14-25)28(20-23-8-6-5-7-9-23)33-30(32)26-16-18-27(19-17-26)31(35)36/h4-20H,1H2,2-3H3,(H2,32,33)(H,35,36)/b22-12+,24-15+,28-20+. The predicted molar refractivity (Wildman–Crippen MR) is 146 cm³/mol. The molecule has 0 saturated heterocycles. The molecule has 3 aromatic carbocycles. The third kappa shape index (κ3) is 6.87. The van der Waals surface area contributed by atoms with Gasteiger partial charge < -0.3 is 10.8 Å². The molecule has 5 heteroatoms. The Kier molecular flexibility index (Phi) is 8.68. The Morgan fingerprint density at radius 3 is 2.03 bits per heavy atom. The van der Waals surface area contributed by atoms with Gasteiger partial charge in [0, 0.05) is 11.1 Å². The maximum Gasteiger partial charge on any atom is 0.335 e. The lowest BCUT2D eigenvalue weighted by atomic mass is 10.0. The van der Waals surface area contributed by atoms with Crippen molar-refractivity contribution in [3.8, 4) is 0 Å². The van der Waals surface area contributed by atoms with Crippen LogP contribution in [0.3, 0.4) is 0 Å². The number of hydrogen-bond donors (Lipinski definition) is 2. The number of ketones is 1. The molecule has 0 amide bonds. The number of rotatable bonds is 9. The normalized spacial score (nSPS) is 12.8. The number of carboxylic acid groups (broad SMARTS) is 1. The maximum atomic E-state index is 12.8. The zero-order chi connectivity index (χ0) is 26.1. The van der Waals surface area contributed by atoms with Crippen LogP contribution in [0.15, 0.2) is 126 Å². The smallest absolute Gasteiger partial charge is 0.335 e. The Labute approximate surface area is 211 Å². The van der Waals surface area contributed by atoms with Crippen molar-refractivity contribution in [3.05, 3.63) is 148 Å². The summed E-state index contributed by atoms with van der Waals surface area (Å²) in [5.41, 5.74) is 11.4. The van der Waals surface area contributed by atoms with Gasteiger partial charge in [0.05, 0.1) is 11.3 Å². The van der Waals surface area contributed by atoms with E-state index in [0.29, 0.717) is 28.0 Å². The summed E-state index contributed by atoms with van der Waals surface area (Å²) < 4.78 is 0. The van der Waals surface area contributed by atoms with E-state index in [0.717, 1.165) is 11.1 Å². The van der Waals surface area contributed by atoms with Crippen molar-refractivity contribution in [1.29, 1.82) is 0 Å². The minimum atomic E-state index is -1.01. The third-order valence-electron chi connectivity index (χ3n) is 5.47. The molecule has 0 aliphatic rings. The predicted octanol–water partition coefficient (Wildman–Crippen LogP) is 6.38. The lowest BCUT2D eigenvalue weighted by Gasteiger charge is -2.08. The van der Waals surface area contributed by atoms with Crippen LogP contribution in [-0.4, -0.2) is 22.7 Å². The second kappa shape index (κ2) is 12.1. The van der Waals surface area contributed by atoms with Gasteiger partial charge in [-0.25, -0.2) is 9.79 Å². The van der Waals surface area contributed by atoms with E-state index in [-0.39, 0.29) is 17.2 Å². The fraction of sp³-hybridized carbons (Fsp3) is 0.0645. The molecule has 0 fully saturated rings. The fourth-order valence-electron chi connectivity index (χ4n) is 3.35. The van der Waals surface area contributed by atoms with Crippen LogP contribution in [0.25, 0.3) is 6.08 Å². The van der Waals surface area contributed by atoms with Gasteiger partial charge in [0.2, 0.25) is 0 Å². The van der Waals surface area contributed by atoms with E-state index in [1.807, 2.05) is 67.6 Å². The summed E-state index contributed by atoms with van der Waals surface area (Å²) in [4.78, 5) is 28.6. The molecule has 36 heavy (non-hydrogen) atoms. The van der Waals surface area contributed by atoms with E-state index in [9.17, 15) is 9.59 Å². The summed E-state index contributed by atoms with van der Waals surface area (Å²) in [6, 6.07) is 23.3. The quantitative estimate of drug-likeness (QED) is 0.123. The highest BCUT2D eigenvalue weighted by molar-refractivity contribution is 6.08. The SMILES string of the molecule is C=CC(=C\C=C(/C)C(=O)c1ccc(C)cc1)/C(=C\c1ccccc1)N=C(N)c1ccc(C(=O)O)cc1. The van der Waals surface area contributed by atoms with Crippen LogP contribution in [0.2, 0.25) is 0 Å². The van der Waals surface area contributed by atoms with Crippen LogP contribution < -0.4 is 5.73 Å². The Morgan fingerprint density at radius 1 is 0.861 bits per heavy atom. The van der Waals surface area contributed by atoms with E-state index >= 15 is 0 Å². The van der Waals surface area contributed by atoms with Gasteiger partial charge in [-0.15, -0.1) is 0 Å². The van der Waals surface area contributed by atoms with Crippen LogP contribution in [0.4, 0.5) is 0 Å². The van der Waals surface area contributed by atoms with E-state index in [1.165, 1.54) is 12.1 Å². The maximum absolute atomic E-state index is 12.8. The topological polar surface area (TPSA) is 92.8 Å². The van der Waals surface area contributed by atoms with Gasteiger partial charge in [0.25, 0.3) is 0 Å². The molecule has 0 bridgehead atoms. The molecule has 0 heterocycles. The molecule has 0 aliphatic carbocycles. The van der Waals surface area contributed by atoms with Gasteiger partial charge in [-0.3, -0.25) is 4.79 Å². The minimum Gasteiger partial charge on any atom is -0.478 e. The molecule has 3 N–H and O–H groups in total. The molecule has 0 spiro atoms. The van der Waals surface area contributed by atoms with Gasteiger partial charge >= 0.3 is 5.97 Å². The first-order valence-electron chi connectivity index (χ1n) is 11.4. The zero-order valence-corrected chi connectivity index (χ0v) is 20.3. The lowest BCUT2D eigenvalue weighted by molar-refractivity contribution is 0.0696. The number of allylic oxidation sites excluding steroid dienone is 4. The second-order valence-electron chi connectivity index (χ2n) is 8.19. The van der Waals surface area contributed by atoms with E-state index in [2.05, 4.69) is 11.6 Å². The number of aliphatic imine (C=N–C) groups is 1. The van der Waals surface area contributed by atoms with E-state index < -0.39 is 5.97 Å². The zero-order valence-electron chi connectivity index (χ0n) is 20.3. The van der Waals surface area contributed by atoms with Gasteiger partial charge in [-0.1, -0.05) is 97.1 Å².